The van der Waals surface area contributed by atoms with Crippen molar-refractivity contribution in [1.29, 1.82) is 5.26 Å². The minimum atomic E-state index is -4.50. The number of hydrogen-bond acceptors (Lipinski definition) is 6. The van der Waals surface area contributed by atoms with E-state index in [1.807, 2.05) is 6.07 Å². The summed E-state index contributed by atoms with van der Waals surface area (Å²) in [6.45, 7) is 2.64. The van der Waals surface area contributed by atoms with Gasteiger partial charge in [0.1, 0.15) is 10.8 Å². The third-order valence-electron chi connectivity index (χ3n) is 4.64. The number of ketones is 1. The molecule has 1 aliphatic rings. The molecule has 1 unspecified atom stereocenters. The first-order valence-corrected chi connectivity index (χ1v) is 9.79. The highest BCUT2D eigenvalue weighted by Crippen LogP contribution is 2.35. The summed E-state index contributed by atoms with van der Waals surface area (Å²) in [6, 6.07) is 2.90. The molecule has 2 aromatic rings. The minimum Gasteiger partial charge on any atom is -0.355 e. The zero-order valence-corrected chi connectivity index (χ0v) is 16.4. The predicted molar refractivity (Wildman–Crippen MR) is 99.4 cm³/mol. The van der Waals surface area contributed by atoms with Crippen molar-refractivity contribution in [3.8, 4) is 6.07 Å². The van der Waals surface area contributed by atoms with Gasteiger partial charge in [-0.3, -0.25) is 4.79 Å². The highest BCUT2D eigenvalue weighted by Gasteiger charge is 2.35. The standard InChI is InChI=1S/C18H16ClF3N4OS/c1-10-9-28-17(25-10)13(7-23)15(27)11-2-4-26(5-3-11)16-14(19)6-12(8-24-16)18(20,21)22/h6,8-9,11,13H,2-5H2,1H3. The first-order chi connectivity index (χ1) is 13.2. The number of pyridine rings is 1. The van der Waals surface area contributed by atoms with E-state index in [-0.39, 0.29) is 22.5 Å². The monoisotopic (exact) mass is 428 g/mol. The number of rotatable bonds is 4. The number of Topliss-reactive ketones (excluding diaryl/α,β-unsaturated/α-hetero) is 1. The van der Waals surface area contributed by atoms with Crippen LogP contribution >= 0.6 is 22.9 Å². The van der Waals surface area contributed by atoms with Gasteiger partial charge in [-0.25, -0.2) is 9.97 Å². The Morgan fingerprint density at radius 2 is 2.11 bits per heavy atom. The molecule has 28 heavy (non-hydrogen) atoms. The summed E-state index contributed by atoms with van der Waals surface area (Å²) in [5, 5.41) is 11.6. The van der Waals surface area contributed by atoms with Crippen LogP contribution in [0.3, 0.4) is 0 Å². The van der Waals surface area contributed by atoms with Crippen LogP contribution in [0.25, 0.3) is 0 Å². The van der Waals surface area contributed by atoms with Crippen LogP contribution in [0.2, 0.25) is 5.02 Å². The maximum Gasteiger partial charge on any atom is 0.417 e. The largest absolute Gasteiger partial charge is 0.417 e. The van der Waals surface area contributed by atoms with Crippen LogP contribution in [0.4, 0.5) is 19.0 Å². The lowest BCUT2D eigenvalue weighted by molar-refractivity contribution is -0.137. The van der Waals surface area contributed by atoms with E-state index >= 15 is 0 Å². The molecule has 0 spiro atoms. The lowest BCUT2D eigenvalue weighted by Gasteiger charge is -2.33. The van der Waals surface area contributed by atoms with Gasteiger partial charge in [0.25, 0.3) is 0 Å². The number of halogens is 4. The van der Waals surface area contributed by atoms with E-state index in [4.69, 9.17) is 11.6 Å². The number of aromatic nitrogens is 2. The number of nitriles is 1. The van der Waals surface area contributed by atoms with E-state index in [2.05, 4.69) is 9.97 Å². The fourth-order valence-corrected chi connectivity index (χ4v) is 4.31. The molecular formula is C18H16ClF3N4OS. The summed E-state index contributed by atoms with van der Waals surface area (Å²) in [7, 11) is 0. The van der Waals surface area contributed by atoms with Gasteiger partial charge in [0.05, 0.1) is 16.7 Å². The van der Waals surface area contributed by atoms with E-state index in [1.165, 1.54) is 11.3 Å². The molecule has 1 fully saturated rings. The predicted octanol–water partition coefficient (Wildman–Crippen LogP) is 4.61. The molecule has 0 amide bonds. The molecule has 1 aliphatic heterocycles. The Labute approximate surface area is 168 Å². The first-order valence-electron chi connectivity index (χ1n) is 8.53. The average molecular weight is 429 g/mol. The minimum absolute atomic E-state index is 0.0761. The molecule has 5 nitrogen and oxygen atoms in total. The Balaban J connectivity index is 1.67. The first kappa shape index (κ1) is 20.6. The third-order valence-corrected chi connectivity index (χ3v) is 5.95. The van der Waals surface area contributed by atoms with Crippen molar-refractivity contribution in [1.82, 2.24) is 9.97 Å². The molecule has 0 aromatic carbocycles. The Bertz CT molecular complexity index is 916. The molecule has 1 saturated heterocycles. The highest BCUT2D eigenvalue weighted by atomic mass is 35.5. The molecule has 0 N–H and O–H groups in total. The molecule has 0 aliphatic carbocycles. The quantitative estimate of drug-likeness (QED) is 0.711. The van der Waals surface area contributed by atoms with E-state index < -0.39 is 17.7 Å². The molecule has 3 rings (SSSR count). The van der Waals surface area contributed by atoms with Gasteiger partial charge < -0.3 is 4.90 Å². The molecular weight excluding hydrogens is 413 g/mol. The molecule has 3 heterocycles. The molecule has 0 bridgehead atoms. The van der Waals surface area contributed by atoms with Gasteiger partial charge in [-0.2, -0.15) is 18.4 Å². The number of nitrogens with zero attached hydrogens (tertiary/aromatic N) is 4. The van der Waals surface area contributed by atoms with Crippen molar-refractivity contribution in [3.63, 3.8) is 0 Å². The number of anilines is 1. The Morgan fingerprint density at radius 1 is 1.43 bits per heavy atom. The summed E-state index contributed by atoms with van der Waals surface area (Å²) in [5.41, 5.74) is -0.132. The number of alkyl halides is 3. The average Bonchev–Trinajstić information content (AvgIpc) is 3.07. The van der Waals surface area contributed by atoms with Crippen LogP contribution in [0.5, 0.6) is 0 Å². The Kier molecular flexibility index (Phi) is 5.91. The maximum atomic E-state index is 12.8. The summed E-state index contributed by atoms with van der Waals surface area (Å²) in [4.78, 5) is 22.6. The van der Waals surface area contributed by atoms with Gasteiger partial charge in [0.15, 0.2) is 11.7 Å². The number of thiazole rings is 1. The fraction of sp³-hybridized carbons (Fsp3) is 0.444. The van der Waals surface area contributed by atoms with Gasteiger partial charge in [-0.05, 0) is 25.8 Å². The third kappa shape index (κ3) is 4.28. The SMILES string of the molecule is Cc1csc(C(C#N)C(=O)C2CCN(c3ncc(C(F)(F)F)cc3Cl)CC2)n1. The van der Waals surface area contributed by atoms with Crippen molar-refractivity contribution in [2.45, 2.75) is 31.9 Å². The summed E-state index contributed by atoms with van der Waals surface area (Å²) in [5.74, 6) is -1.09. The van der Waals surface area contributed by atoms with Crippen LogP contribution < -0.4 is 4.90 Å². The van der Waals surface area contributed by atoms with Crippen LogP contribution in [-0.4, -0.2) is 28.8 Å². The number of hydrogen-bond donors (Lipinski definition) is 0. The van der Waals surface area contributed by atoms with E-state index in [0.29, 0.717) is 30.9 Å². The molecule has 1 atom stereocenters. The van der Waals surface area contributed by atoms with Crippen LogP contribution in [0.15, 0.2) is 17.6 Å². The Morgan fingerprint density at radius 3 is 2.61 bits per heavy atom. The van der Waals surface area contributed by atoms with Crippen molar-refractivity contribution in [2.24, 2.45) is 5.92 Å². The lowest BCUT2D eigenvalue weighted by Crippen LogP contribution is -2.38. The molecule has 0 radical (unpaired) electrons. The van der Waals surface area contributed by atoms with Gasteiger partial charge in [0.2, 0.25) is 0 Å². The number of carbonyl (C=O) groups is 1. The van der Waals surface area contributed by atoms with Gasteiger partial charge in [-0.1, -0.05) is 11.6 Å². The van der Waals surface area contributed by atoms with Crippen LogP contribution in [0.1, 0.15) is 35.0 Å². The zero-order chi connectivity index (χ0) is 20.5. The van der Waals surface area contributed by atoms with Crippen molar-refractivity contribution >= 4 is 34.5 Å². The summed E-state index contributed by atoms with van der Waals surface area (Å²) < 4.78 is 38.3. The molecule has 148 valence electrons. The van der Waals surface area contributed by atoms with Crippen molar-refractivity contribution in [3.05, 3.63) is 38.9 Å². The smallest absolute Gasteiger partial charge is 0.355 e. The summed E-state index contributed by atoms with van der Waals surface area (Å²) >= 11 is 7.29. The Hall–Kier alpha value is -2.18. The highest BCUT2D eigenvalue weighted by molar-refractivity contribution is 7.09. The van der Waals surface area contributed by atoms with Crippen molar-refractivity contribution in [2.75, 3.05) is 18.0 Å². The number of piperidine rings is 1. The second-order valence-electron chi connectivity index (χ2n) is 6.58. The van der Waals surface area contributed by atoms with Crippen LogP contribution in [-0.2, 0) is 11.0 Å². The van der Waals surface area contributed by atoms with Gasteiger partial charge >= 0.3 is 6.18 Å². The number of carbonyl (C=O) groups excluding carboxylic acids is 1. The van der Waals surface area contributed by atoms with E-state index in [0.717, 1.165) is 18.0 Å². The molecule has 10 heteroatoms. The van der Waals surface area contributed by atoms with E-state index in [9.17, 15) is 23.2 Å². The molecule has 0 saturated carbocycles. The van der Waals surface area contributed by atoms with Gasteiger partial charge in [-0.15, -0.1) is 11.3 Å². The second-order valence-corrected chi connectivity index (χ2v) is 7.88. The summed E-state index contributed by atoms with van der Waals surface area (Å²) in [6.07, 6.45) is -2.80. The van der Waals surface area contributed by atoms with Gasteiger partial charge in [0, 0.05) is 36.3 Å². The van der Waals surface area contributed by atoms with Crippen molar-refractivity contribution < 1.29 is 18.0 Å². The zero-order valence-electron chi connectivity index (χ0n) is 14.8. The van der Waals surface area contributed by atoms with E-state index in [1.54, 1.807) is 17.2 Å². The van der Waals surface area contributed by atoms with Crippen LogP contribution in [0, 0.1) is 24.2 Å². The maximum absolute atomic E-state index is 12.8. The fourth-order valence-electron chi connectivity index (χ4n) is 3.18. The number of aryl methyl sites for hydroxylation is 1. The molecule has 2 aromatic heterocycles. The second kappa shape index (κ2) is 8.05. The topological polar surface area (TPSA) is 69.9 Å². The lowest BCUT2D eigenvalue weighted by atomic mass is 9.86. The normalized spacial score (nSPS) is 16.6.